The summed E-state index contributed by atoms with van der Waals surface area (Å²) < 4.78 is 4.88. The summed E-state index contributed by atoms with van der Waals surface area (Å²) in [5, 5.41) is 6.46. The van der Waals surface area contributed by atoms with Crippen LogP contribution < -0.4 is 5.32 Å². The summed E-state index contributed by atoms with van der Waals surface area (Å²) in [4.78, 5) is 12.2. The van der Waals surface area contributed by atoms with Crippen molar-refractivity contribution in [3.8, 4) is 0 Å². The number of hydrogen-bond acceptors (Lipinski definition) is 3. The number of alkyl halides is 1. The molecule has 4 nitrogen and oxygen atoms in total. The summed E-state index contributed by atoms with van der Waals surface area (Å²) in [7, 11) is 0. The van der Waals surface area contributed by atoms with Gasteiger partial charge >= 0.3 is 0 Å². The maximum Gasteiger partial charge on any atom is 0.260 e. The maximum atomic E-state index is 12.0. The van der Waals surface area contributed by atoms with Crippen LogP contribution in [0.2, 0.25) is 0 Å². The standard InChI is InChI=1S/C13H13BrN2O2/c1-8(14)10-5-3-4-6-12(10)16-13(17)11-7-15-18-9(11)2/h3-8H,1-2H3,(H,16,17). The fraction of sp³-hybridized carbons (Fsp3) is 0.231. The van der Waals surface area contributed by atoms with Gasteiger partial charge in [0.25, 0.3) is 5.91 Å². The summed E-state index contributed by atoms with van der Waals surface area (Å²) in [6.45, 7) is 3.72. The van der Waals surface area contributed by atoms with E-state index in [1.807, 2.05) is 31.2 Å². The molecule has 94 valence electrons. The molecule has 0 aliphatic heterocycles. The molecule has 1 aromatic carbocycles. The fourth-order valence-electron chi connectivity index (χ4n) is 1.66. The molecule has 18 heavy (non-hydrogen) atoms. The molecule has 1 atom stereocenters. The van der Waals surface area contributed by atoms with Gasteiger partial charge in [0.15, 0.2) is 0 Å². The molecule has 1 amide bonds. The highest BCUT2D eigenvalue weighted by molar-refractivity contribution is 9.09. The van der Waals surface area contributed by atoms with E-state index in [1.165, 1.54) is 6.20 Å². The number of nitrogens with one attached hydrogen (secondary N) is 1. The SMILES string of the molecule is Cc1oncc1C(=O)Nc1ccccc1C(C)Br. The van der Waals surface area contributed by atoms with Crippen molar-refractivity contribution in [2.75, 3.05) is 5.32 Å². The van der Waals surface area contributed by atoms with Gasteiger partial charge in [-0.1, -0.05) is 39.3 Å². The maximum absolute atomic E-state index is 12.0. The number of halogens is 1. The third kappa shape index (κ3) is 2.61. The van der Waals surface area contributed by atoms with Crippen LogP contribution in [0.5, 0.6) is 0 Å². The minimum absolute atomic E-state index is 0.164. The molecule has 1 heterocycles. The third-order valence-electron chi connectivity index (χ3n) is 2.63. The molecule has 5 heteroatoms. The summed E-state index contributed by atoms with van der Waals surface area (Å²) >= 11 is 3.50. The van der Waals surface area contributed by atoms with Gasteiger partial charge in [0.1, 0.15) is 11.3 Å². The number of para-hydroxylation sites is 1. The Balaban J connectivity index is 2.25. The lowest BCUT2D eigenvalue weighted by Crippen LogP contribution is -2.13. The number of amides is 1. The van der Waals surface area contributed by atoms with Crippen molar-refractivity contribution in [1.29, 1.82) is 0 Å². The van der Waals surface area contributed by atoms with E-state index in [0.717, 1.165) is 11.3 Å². The van der Waals surface area contributed by atoms with Gasteiger partial charge in [-0.05, 0) is 25.5 Å². The Labute approximate surface area is 113 Å². The van der Waals surface area contributed by atoms with Crippen LogP contribution in [0.1, 0.15) is 33.4 Å². The van der Waals surface area contributed by atoms with Crippen molar-refractivity contribution in [2.24, 2.45) is 0 Å². The van der Waals surface area contributed by atoms with Crippen molar-refractivity contribution < 1.29 is 9.32 Å². The van der Waals surface area contributed by atoms with E-state index in [-0.39, 0.29) is 10.7 Å². The highest BCUT2D eigenvalue weighted by Gasteiger charge is 2.15. The largest absolute Gasteiger partial charge is 0.361 e. The second-order valence-corrected chi connectivity index (χ2v) is 5.33. The zero-order valence-corrected chi connectivity index (χ0v) is 11.7. The highest BCUT2D eigenvalue weighted by atomic mass is 79.9. The van der Waals surface area contributed by atoms with Gasteiger partial charge in [0.05, 0.1) is 6.20 Å². The Kier molecular flexibility index (Phi) is 3.81. The number of hydrogen-bond donors (Lipinski definition) is 1. The zero-order chi connectivity index (χ0) is 13.1. The molecular formula is C13H13BrN2O2. The predicted octanol–water partition coefficient (Wildman–Crippen LogP) is 3.69. The van der Waals surface area contributed by atoms with Crippen molar-refractivity contribution in [3.05, 3.63) is 47.3 Å². The molecule has 0 saturated heterocycles. The number of aryl methyl sites for hydroxylation is 1. The molecule has 0 aliphatic carbocycles. The first kappa shape index (κ1) is 12.8. The van der Waals surface area contributed by atoms with Crippen LogP contribution in [-0.2, 0) is 0 Å². The van der Waals surface area contributed by atoms with Gasteiger partial charge in [-0.15, -0.1) is 0 Å². The third-order valence-corrected chi connectivity index (χ3v) is 3.13. The van der Waals surface area contributed by atoms with Crippen LogP contribution in [0, 0.1) is 6.92 Å². The first-order chi connectivity index (χ1) is 8.59. The Morgan fingerprint density at radius 1 is 1.44 bits per heavy atom. The van der Waals surface area contributed by atoms with Gasteiger partial charge in [-0.3, -0.25) is 4.79 Å². The Hall–Kier alpha value is -1.62. The monoisotopic (exact) mass is 308 g/mol. The second-order valence-electron chi connectivity index (χ2n) is 3.95. The van der Waals surface area contributed by atoms with Crippen LogP contribution >= 0.6 is 15.9 Å². The molecule has 0 spiro atoms. The molecule has 1 aromatic heterocycles. The minimum Gasteiger partial charge on any atom is -0.361 e. The van der Waals surface area contributed by atoms with Crippen molar-refractivity contribution in [3.63, 3.8) is 0 Å². The molecule has 0 bridgehead atoms. The smallest absolute Gasteiger partial charge is 0.260 e. The second kappa shape index (κ2) is 5.35. The molecule has 0 saturated carbocycles. The van der Waals surface area contributed by atoms with E-state index in [0.29, 0.717) is 11.3 Å². The number of anilines is 1. The van der Waals surface area contributed by atoms with E-state index in [1.54, 1.807) is 6.92 Å². The molecular weight excluding hydrogens is 296 g/mol. The number of carbonyl (C=O) groups excluding carboxylic acids is 1. The molecule has 0 aliphatic rings. The van der Waals surface area contributed by atoms with Crippen molar-refractivity contribution in [1.82, 2.24) is 5.16 Å². The first-order valence-corrected chi connectivity index (χ1v) is 6.46. The Bertz CT molecular complexity index is 564. The first-order valence-electron chi connectivity index (χ1n) is 5.55. The molecule has 0 fully saturated rings. The molecule has 0 radical (unpaired) electrons. The van der Waals surface area contributed by atoms with Gasteiger partial charge in [-0.2, -0.15) is 0 Å². The van der Waals surface area contributed by atoms with Crippen LogP contribution in [0.3, 0.4) is 0 Å². The number of nitrogens with zero attached hydrogens (tertiary/aromatic N) is 1. The van der Waals surface area contributed by atoms with E-state index >= 15 is 0 Å². The van der Waals surface area contributed by atoms with Crippen molar-refractivity contribution >= 4 is 27.5 Å². The van der Waals surface area contributed by atoms with Gasteiger partial charge in [0, 0.05) is 10.5 Å². The zero-order valence-electron chi connectivity index (χ0n) is 10.1. The molecule has 1 unspecified atom stereocenters. The topological polar surface area (TPSA) is 55.1 Å². The normalized spacial score (nSPS) is 12.2. The minimum atomic E-state index is -0.214. The summed E-state index contributed by atoms with van der Waals surface area (Å²) in [5.41, 5.74) is 2.26. The van der Waals surface area contributed by atoms with Gasteiger partial charge in [0.2, 0.25) is 0 Å². The van der Waals surface area contributed by atoms with E-state index in [4.69, 9.17) is 4.52 Å². The van der Waals surface area contributed by atoms with Crippen LogP contribution in [-0.4, -0.2) is 11.1 Å². The fourth-order valence-corrected chi connectivity index (χ4v) is 2.06. The van der Waals surface area contributed by atoms with E-state index in [2.05, 4.69) is 26.4 Å². The molecule has 2 aromatic rings. The van der Waals surface area contributed by atoms with Gasteiger partial charge in [-0.25, -0.2) is 0 Å². The quantitative estimate of drug-likeness (QED) is 0.880. The van der Waals surface area contributed by atoms with Crippen LogP contribution in [0.15, 0.2) is 35.0 Å². The number of rotatable bonds is 3. The summed E-state index contributed by atoms with van der Waals surface area (Å²) in [6.07, 6.45) is 1.42. The van der Waals surface area contributed by atoms with E-state index < -0.39 is 0 Å². The predicted molar refractivity (Wildman–Crippen MR) is 73.0 cm³/mol. The Morgan fingerprint density at radius 3 is 2.78 bits per heavy atom. The average molecular weight is 309 g/mol. The highest BCUT2D eigenvalue weighted by Crippen LogP contribution is 2.29. The van der Waals surface area contributed by atoms with Crippen molar-refractivity contribution in [2.45, 2.75) is 18.7 Å². The van der Waals surface area contributed by atoms with E-state index in [9.17, 15) is 4.79 Å². The summed E-state index contributed by atoms with van der Waals surface area (Å²) in [6, 6.07) is 7.66. The molecule has 1 N–H and O–H groups in total. The number of aromatic nitrogens is 1. The van der Waals surface area contributed by atoms with Crippen LogP contribution in [0.4, 0.5) is 5.69 Å². The number of carbonyl (C=O) groups is 1. The average Bonchev–Trinajstić information content (AvgIpc) is 2.76. The van der Waals surface area contributed by atoms with Crippen LogP contribution in [0.25, 0.3) is 0 Å². The molecule has 2 rings (SSSR count). The Morgan fingerprint density at radius 2 is 2.17 bits per heavy atom. The lowest BCUT2D eigenvalue weighted by molar-refractivity contribution is 0.102. The number of benzene rings is 1. The summed E-state index contributed by atoms with van der Waals surface area (Å²) in [5.74, 6) is 0.297. The lowest BCUT2D eigenvalue weighted by Gasteiger charge is -2.12. The lowest BCUT2D eigenvalue weighted by atomic mass is 10.1. The van der Waals surface area contributed by atoms with Gasteiger partial charge < -0.3 is 9.84 Å².